The molecule has 1 aromatic heterocycles. The van der Waals surface area contributed by atoms with Gasteiger partial charge in [0.25, 0.3) is 0 Å². The highest BCUT2D eigenvalue weighted by atomic mass is 19.1. The Morgan fingerprint density at radius 2 is 2.00 bits per heavy atom. The van der Waals surface area contributed by atoms with Gasteiger partial charge in [-0.05, 0) is 97.2 Å². The number of fused-ring (bicyclic) bond motifs is 3. The number of nitrogens with zero attached hydrogens (tertiary/aromatic N) is 2. The molecule has 2 unspecified atom stereocenters. The molecule has 5 nitrogen and oxygen atoms in total. The molecule has 4 N–H and O–H groups in total. The number of benzene rings is 1. The van der Waals surface area contributed by atoms with E-state index in [1.165, 1.54) is 23.3 Å². The van der Waals surface area contributed by atoms with Crippen LogP contribution >= 0.6 is 0 Å². The second-order valence-electron chi connectivity index (χ2n) is 9.41. The summed E-state index contributed by atoms with van der Waals surface area (Å²) in [6.07, 6.45) is 11.6. The van der Waals surface area contributed by atoms with Crippen LogP contribution in [0.4, 0.5) is 4.39 Å². The molecule has 0 spiro atoms. The van der Waals surface area contributed by atoms with Crippen molar-refractivity contribution in [3.63, 3.8) is 0 Å². The monoisotopic (exact) mass is 444 g/mol. The number of carbonyl (C=O) groups excluding carboxylic acids is 1. The average molecular weight is 445 g/mol. The lowest BCUT2D eigenvalue weighted by molar-refractivity contribution is -0.124. The fraction of sp³-hybridized carbons (Fsp3) is 0.333. The maximum Gasteiger partial charge on any atom is 0.133 e. The van der Waals surface area contributed by atoms with Gasteiger partial charge in [0.2, 0.25) is 0 Å². The highest BCUT2D eigenvalue weighted by molar-refractivity contribution is 5.80. The number of pyridine rings is 1. The first-order valence-corrected chi connectivity index (χ1v) is 11.6. The zero-order valence-corrected chi connectivity index (χ0v) is 18.6. The first-order chi connectivity index (χ1) is 16.0. The second-order valence-corrected chi connectivity index (χ2v) is 9.41. The van der Waals surface area contributed by atoms with E-state index in [0.717, 1.165) is 43.4 Å². The van der Waals surface area contributed by atoms with Gasteiger partial charge in [0.15, 0.2) is 0 Å². The predicted octanol–water partition coefficient (Wildman–Crippen LogP) is 4.63. The molecule has 1 aromatic carbocycles. The van der Waals surface area contributed by atoms with Crippen LogP contribution in [0, 0.1) is 17.2 Å². The SMILES string of the molecule is N/C(=C1/C=C2CCCC3CC(=O)CCC3(Cc3ccccn3)C2=CN1N)c1ccc(F)cc1. The van der Waals surface area contributed by atoms with Crippen molar-refractivity contribution in [2.45, 2.75) is 44.9 Å². The summed E-state index contributed by atoms with van der Waals surface area (Å²) in [5.41, 5.74) is 11.7. The van der Waals surface area contributed by atoms with Crippen LogP contribution in [0.25, 0.3) is 5.70 Å². The molecular formula is C27H29FN4O. The number of hydrogen-bond acceptors (Lipinski definition) is 5. The van der Waals surface area contributed by atoms with Gasteiger partial charge in [-0.2, -0.15) is 0 Å². The van der Waals surface area contributed by atoms with Crippen molar-refractivity contribution in [3.8, 4) is 0 Å². The van der Waals surface area contributed by atoms with Crippen LogP contribution in [0.2, 0.25) is 0 Å². The Morgan fingerprint density at radius 3 is 2.76 bits per heavy atom. The highest BCUT2D eigenvalue weighted by Crippen LogP contribution is 2.55. The molecule has 170 valence electrons. The van der Waals surface area contributed by atoms with Gasteiger partial charge in [-0.1, -0.05) is 6.07 Å². The fourth-order valence-electron chi connectivity index (χ4n) is 5.82. The van der Waals surface area contributed by atoms with Crippen molar-refractivity contribution >= 4 is 11.5 Å². The van der Waals surface area contributed by atoms with Crippen molar-refractivity contribution in [2.24, 2.45) is 22.9 Å². The van der Waals surface area contributed by atoms with Crippen LogP contribution in [0.1, 0.15) is 49.8 Å². The van der Waals surface area contributed by atoms with Gasteiger partial charge < -0.3 is 5.73 Å². The van der Waals surface area contributed by atoms with E-state index in [9.17, 15) is 9.18 Å². The van der Waals surface area contributed by atoms with Gasteiger partial charge in [0.1, 0.15) is 11.6 Å². The molecule has 2 fully saturated rings. The number of allylic oxidation sites excluding steroid dienone is 3. The fourth-order valence-corrected chi connectivity index (χ4v) is 5.82. The van der Waals surface area contributed by atoms with Gasteiger partial charge in [-0.3, -0.25) is 14.8 Å². The molecule has 2 heterocycles. The summed E-state index contributed by atoms with van der Waals surface area (Å²) in [5, 5.41) is 1.59. The molecule has 2 saturated carbocycles. The third kappa shape index (κ3) is 4.00. The molecule has 6 heteroatoms. The van der Waals surface area contributed by atoms with E-state index in [1.807, 2.05) is 24.5 Å². The van der Waals surface area contributed by atoms with Crippen LogP contribution in [0.3, 0.4) is 0 Å². The van der Waals surface area contributed by atoms with Crippen molar-refractivity contribution in [1.29, 1.82) is 0 Å². The van der Waals surface area contributed by atoms with Crippen molar-refractivity contribution in [3.05, 3.63) is 94.9 Å². The summed E-state index contributed by atoms with van der Waals surface area (Å²) in [5.74, 6) is 6.84. The van der Waals surface area contributed by atoms with E-state index in [0.29, 0.717) is 30.0 Å². The Labute approximate surface area is 193 Å². The van der Waals surface area contributed by atoms with E-state index in [2.05, 4.69) is 17.1 Å². The van der Waals surface area contributed by atoms with Crippen LogP contribution in [0.15, 0.2) is 77.8 Å². The molecule has 3 aliphatic rings. The topological polar surface area (TPSA) is 85.2 Å². The summed E-state index contributed by atoms with van der Waals surface area (Å²) >= 11 is 0. The lowest BCUT2D eigenvalue weighted by atomic mass is 9.58. The molecular weight excluding hydrogens is 415 g/mol. The number of hydrazine groups is 1. The first-order valence-electron chi connectivity index (χ1n) is 11.6. The number of Topliss-reactive ketones (excluding diaryl/α,β-unsaturated/α-hetero) is 1. The highest BCUT2D eigenvalue weighted by Gasteiger charge is 2.48. The van der Waals surface area contributed by atoms with E-state index < -0.39 is 0 Å². The minimum atomic E-state index is -0.302. The average Bonchev–Trinajstić information content (AvgIpc) is 2.96. The Morgan fingerprint density at radius 1 is 1.18 bits per heavy atom. The maximum absolute atomic E-state index is 13.4. The number of carbonyl (C=O) groups is 1. The Balaban J connectivity index is 1.59. The summed E-state index contributed by atoms with van der Waals surface area (Å²) in [6.45, 7) is 0. The van der Waals surface area contributed by atoms with E-state index in [4.69, 9.17) is 11.6 Å². The maximum atomic E-state index is 13.4. The number of rotatable bonds is 3. The molecule has 33 heavy (non-hydrogen) atoms. The van der Waals surface area contributed by atoms with Gasteiger partial charge in [0, 0.05) is 36.3 Å². The number of nitrogens with two attached hydrogens (primary N) is 2. The summed E-state index contributed by atoms with van der Waals surface area (Å²) in [7, 11) is 0. The first kappa shape index (κ1) is 21.6. The van der Waals surface area contributed by atoms with E-state index >= 15 is 0 Å². The standard InChI is InChI=1S/C27H29FN4O/c28-21-9-7-18(8-10-21)26(29)25-14-19-4-3-5-20-15-23(33)11-12-27(20,24(19)17-32(25)30)16-22-6-1-2-13-31-22/h1-2,6-10,13-14,17,20H,3-5,11-12,15-16,29-30H2/b26-25-. The largest absolute Gasteiger partial charge is 0.397 e. The van der Waals surface area contributed by atoms with Crippen molar-refractivity contribution in [1.82, 2.24) is 9.99 Å². The molecule has 0 radical (unpaired) electrons. The molecule has 0 saturated heterocycles. The van der Waals surface area contributed by atoms with Gasteiger partial charge in [-0.15, -0.1) is 0 Å². The third-order valence-electron chi connectivity index (χ3n) is 7.50. The molecule has 0 amide bonds. The molecule has 2 aliphatic carbocycles. The van der Waals surface area contributed by atoms with Gasteiger partial charge >= 0.3 is 0 Å². The lowest BCUT2D eigenvalue weighted by Gasteiger charge is -2.46. The zero-order chi connectivity index (χ0) is 23.0. The summed E-state index contributed by atoms with van der Waals surface area (Å²) in [6, 6.07) is 12.2. The van der Waals surface area contributed by atoms with Crippen LogP contribution in [-0.2, 0) is 11.2 Å². The number of ketones is 1. The zero-order valence-electron chi connectivity index (χ0n) is 18.6. The summed E-state index contributed by atoms with van der Waals surface area (Å²) in [4.78, 5) is 17.1. The smallest absolute Gasteiger partial charge is 0.133 e. The van der Waals surface area contributed by atoms with Gasteiger partial charge in [-0.25, -0.2) is 10.2 Å². The van der Waals surface area contributed by atoms with Crippen molar-refractivity contribution < 1.29 is 9.18 Å². The molecule has 0 bridgehead atoms. The minimum Gasteiger partial charge on any atom is -0.397 e. The molecule has 1 aliphatic heterocycles. The molecule has 2 atom stereocenters. The van der Waals surface area contributed by atoms with Gasteiger partial charge in [0.05, 0.1) is 11.4 Å². The molecule has 2 aromatic rings. The predicted molar refractivity (Wildman–Crippen MR) is 126 cm³/mol. The molecule has 5 rings (SSSR count). The van der Waals surface area contributed by atoms with Crippen LogP contribution < -0.4 is 11.6 Å². The Kier molecular flexibility index (Phi) is 5.62. The Bertz CT molecular complexity index is 1150. The number of aromatic nitrogens is 1. The van der Waals surface area contributed by atoms with Crippen molar-refractivity contribution in [2.75, 3.05) is 0 Å². The van der Waals surface area contributed by atoms with Crippen LogP contribution in [0.5, 0.6) is 0 Å². The van der Waals surface area contributed by atoms with E-state index in [1.54, 1.807) is 17.1 Å². The third-order valence-corrected chi connectivity index (χ3v) is 7.50. The van der Waals surface area contributed by atoms with Crippen LogP contribution in [-0.4, -0.2) is 15.8 Å². The van der Waals surface area contributed by atoms with E-state index in [-0.39, 0.29) is 17.2 Å². The number of halogens is 1. The minimum absolute atomic E-state index is 0.182. The lowest BCUT2D eigenvalue weighted by Crippen LogP contribution is -2.42. The summed E-state index contributed by atoms with van der Waals surface area (Å²) < 4.78 is 13.4. The second kappa shape index (κ2) is 8.60. The normalized spacial score (nSPS) is 26.5. The quantitative estimate of drug-likeness (QED) is 0.674. The Hall–Kier alpha value is -3.25. The number of hydrogen-bond donors (Lipinski definition) is 2.